The maximum atomic E-state index is 12.5. The lowest BCUT2D eigenvalue weighted by Crippen LogP contribution is -2.37. The second kappa shape index (κ2) is 8.81. The number of ketones is 1. The Balaban J connectivity index is 1.55. The van der Waals surface area contributed by atoms with Crippen LogP contribution in [0.15, 0.2) is 34.9 Å². The van der Waals surface area contributed by atoms with Crippen LogP contribution in [0.3, 0.4) is 0 Å². The molecule has 3 rings (SSSR count). The van der Waals surface area contributed by atoms with Crippen molar-refractivity contribution in [2.24, 2.45) is 0 Å². The molecule has 1 aromatic heterocycles. The van der Waals surface area contributed by atoms with Crippen molar-refractivity contribution in [1.82, 2.24) is 10.1 Å². The lowest BCUT2D eigenvalue weighted by molar-refractivity contribution is -0.000360. The fraction of sp³-hybridized carbons (Fsp3) is 0.450. The average molecular weight is 372 g/mol. The molecule has 7 heteroatoms. The number of nitrogens with zero attached hydrogens (tertiary/aromatic N) is 2. The Kier molecular flexibility index (Phi) is 6.24. The van der Waals surface area contributed by atoms with Crippen LogP contribution in [-0.4, -0.2) is 48.1 Å². The Morgan fingerprint density at radius 3 is 2.89 bits per heavy atom. The van der Waals surface area contributed by atoms with Crippen molar-refractivity contribution in [3.05, 3.63) is 47.3 Å². The molecule has 1 amide bonds. The van der Waals surface area contributed by atoms with Gasteiger partial charge < -0.3 is 18.9 Å². The van der Waals surface area contributed by atoms with Gasteiger partial charge in [-0.1, -0.05) is 17.3 Å². The second-order valence-corrected chi connectivity index (χ2v) is 6.73. The Hall–Kier alpha value is -2.67. The molecule has 144 valence electrons. The summed E-state index contributed by atoms with van der Waals surface area (Å²) in [7, 11) is 1.73. The fourth-order valence-electron chi connectivity index (χ4n) is 2.98. The summed E-state index contributed by atoms with van der Waals surface area (Å²) in [6, 6.07) is 8.49. The van der Waals surface area contributed by atoms with E-state index in [-0.39, 0.29) is 30.1 Å². The molecule has 0 radical (unpaired) electrons. The molecule has 2 aromatic rings. The third-order valence-corrected chi connectivity index (χ3v) is 4.50. The Bertz CT molecular complexity index is 795. The molecule has 0 spiro atoms. The molecule has 0 N–H and O–H groups in total. The highest BCUT2D eigenvalue weighted by Gasteiger charge is 2.22. The molecule has 1 atom stereocenters. The molecule has 1 aliphatic heterocycles. The lowest BCUT2D eigenvalue weighted by atomic mass is 10.1. The summed E-state index contributed by atoms with van der Waals surface area (Å²) < 4.78 is 16.5. The van der Waals surface area contributed by atoms with Crippen molar-refractivity contribution >= 4 is 11.7 Å². The number of amides is 1. The zero-order valence-corrected chi connectivity index (χ0v) is 15.6. The average Bonchev–Trinajstić information content (AvgIpc) is 3.15. The van der Waals surface area contributed by atoms with Crippen molar-refractivity contribution in [1.29, 1.82) is 0 Å². The zero-order valence-electron chi connectivity index (χ0n) is 15.6. The molecule has 0 aliphatic carbocycles. The molecule has 1 saturated heterocycles. The zero-order chi connectivity index (χ0) is 19.2. The molecule has 27 heavy (non-hydrogen) atoms. The van der Waals surface area contributed by atoms with Gasteiger partial charge in [0.25, 0.3) is 5.91 Å². The lowest BCUT2D eigenvalue weighted by Gasteiger charge is -2.26. The molecule has 0 saturated carbocycles. The van der Waals surface area contributed by atoms with E-state index in [0.717, 1.165) is 25.9 Å². The summed E-state index contributed by atoms with van der Waals surface area (Å²) >= 11 is 0. The van der Waals surface area contributed by atoms with Gasteiger partial charge in [-0.15, -0.1) is 0 Å². The highest BCUT2D eigenvalue weighted by Crippen LogP contribution is 2.17. The fourth-order valence-corrected chi connectivity index (χ4v) is 2.98. The van der Waals surface area contributed by atoms with Gasteiger partial charge in [-0.05, 0) is 38.3 Å². The molecular formula is C20H24N2O5. The maximum absolute atomic E-state index is 12.5. The van der Waals surface area contributed by atoms with Gasteiger partial charge in [0.1, 0.15) is 12.4 Å². The number of carbonyl (C=O) groups is 2. The van der Waals surface area contributed by atoms with Crippen LogP contribution in [0.4, 0.5) is 0 Å². The van der Waals surface area contributed by atoms with Crippen molar-refractivity contribution in [2.45, 2.75) is 38.9 Å². The number of hydrogen-bond donors (Lipinski definition) is 0. The molecule has 7 nitrogen and oxygen atoms in total. The van der Waals surface area contributed by atoms with Gasteiger partial charge in [0.2, 0.25) is 0 Å². The van der Waals surface area contributed by atoms with E-state index in [0.29, 0.717) is 23.6 Å². The van der Waals surface area contributed by atoms with Crippen molar-refractivity contribution in [3.63, 3.8) is 0 Å². The van der Waals surface area contributed by atoms with Gasteiger partial charge >= 0.3 is 0 Å². The van der Waals surface area contributed by atoms with Crippen molar-refractivity contribution in [2.75, 3.05) is 20.2 Å². The summed E-state index contributed by atoms with van der Waals surface area (Å²) in [4.78, 5) is 25.5. The van der Waals surface area contributed by atoms with Crippen LogP contribution < -0.4 is 4.74 Å². The van der Waals surface area contributed by atoms with Crippen LogP contribution in [-0.2, 0) is 11.3 Å². The third-order valence-electron chi connectivity index (χ3n) is 4.50. The Morgan fingerprint density at radius 1 is 1.30 bits per heavy atom. The number of benzene rings is 1. The van der Waals surface area contributed by atoms with Crippen LogP contribution in [0.2, 0.25) is 0 Å². The number of carbonyl (C=O) groups excluding carboxylic acids is 2. The first-order valence-corrected chi connectivity index (χ1v) is 9.09. The summed E-state index contributed by atoms with van der Waals surface area (Å²) in [5.41, 5.74) is 0.817. The maximum Gasteiger partial charge on any atom is 0.275 e. The number of ether oxygens (including phenoxy) is 2. The number of Topliss-reactive ketones (excluding diaryl/α,β-unsaturated/α-hetero) is 1. The van der Waals surface area contributed by atoms with E-state index in [9.17, 15) is 9.59 Å². The van der Waals surface area contributed by atoms with E-state index in [2.05, 4.69) is 5.16 Å². The van der Waals surface area contributed by atoms with Gasteiger partial charge in [0.05, 0.1) is 6.10 Å². The highest BCUT2D eigenvalue weighted by atomic mass is 16.5. The van der Waals surface area contributed by atoms with Crippen LogP contribution in [0, 0.1) is 0 Å². The summed E-state index contributed by atoms with van der Waals surface area (Å²) in [5.74, 6) is 0.753. The highest BCUT2D eigenvalue weighted by molar-refractivity contribution is 5.94. The first-order valence-electron chi connectivity index (χ1n) is 9.09. The van der Waals surface area contributed by atoms with Gasteiger partial charge in [-0.3, -0.25) is 9.59 Å². The quantitative estimate of drug-likeness (QED) is 0.695. The van der Waals surface area contributed by atoms with Crippen LogP contribution in [0.1, 0.15) is 52.8 Å². The smallest absolute Gasteiger partial charge is 0.275 e. The number of aromatic nitrogens is 1. The second-order valence-electron chi connectivity index (χ2n) is 6.73. The molecule has 2 heterocycles. The number of hydrogen-bond acceptors (Lipinski definition) is 6. The van der Waals surface area contributed by atoms with Gasteiger partial charge in [0, 0.05) is 31.8 Å². The van der Waals surface area contributed by atoms with Crippen molar-refractivity contribution in [3.8, 4) is 5.75 Å². The van der Waals surface area contributed by atoms with Gasteiger partial charge in [0.15, 0.2) is 17.2 Å². The van der Waals surface area contributed by atoms with E-state index in [1.807, 2.05) is 0 Å². The third kappa shape index (κ3) is 5.17. The minimum absolute atomic E-state index is 0.0296. The molecule has 0 unspecified atom stereocenters. The van der Waals surface area contributed by atoms with Gasteiger partial charge in [-0.2, -0.15) is 0 Å². The van der Waals surface area contributed by atoms with E-state index in [1.54, 1.807) is 42.3 Å². The molecule has 1 fully saturated rings. The minimum Gasteiger partial charge on any atom is -0.486 e. The molecule has 1 aromatic carbocycles. The van der Waals surface area contributed by atoms with Gasteiger partial charge in [-0.25, -0.2) is 0 Å². The summed E-state index contributed by atoms with van der Waals surface area (Å²) in [6.07, 6.45) is 3.25. The first-order chi connectivity index (χ1) is 13.0. The first kappa shape index (κ1) is 19.1. The largest absolute Gasteiger partial charge is 0.486 e. The van der Waals surface area contributed by atoms with Crippen molar-refractivity contribution < 1.29 is 23.6 Å². The summed E-state index contributed by atoms with van der Waals surface area (Å²) in [5, 5.41) is 3.85. The topological polar surface area (TPSA) is 81.9 Å². The monoisotopic (exact) mass is 372 g/mol. The SMILES string of the molecule is CC(=O)c1cccc(OCc2cc(C(=O)N(C)C[C@H]3CCCCO3)no2)c1. The minimum atomic E-state index is -0.210. The van der Waals surface area contributed by atoms with E-state index >= 15 is 0 Å². The van der Waals surface area contributed by atoms with E-state index in [1.165, 1.54) is 6.92 Å². The molecule has 0 bridgehead atoms. The normalized spacial score (nSPS) is 16.7. The Morgan fingerprint density at radius 2 is 2.15 bits per heavy atom. The molecular weight excluding hydrogens is 348 g/mol. The predicted octanol–water partition coefficient (Wildman–Crippen LogP) is 3.10. The van der Waals surface area contributed by atoms with E-state index in [4.69, 9.17) is 14.0 Å². The number of likely N-dealkylation sites (N-methyl/N-ethyl adjacent to an activating group) is 1. The van der Waals surface area contributed by atoms with E-state index < -0.39 is 0 Å². The van der Waals surface area contributed by atoms with Crippen LogP contribution >= 0.6 is 0 Å². The summed E-state index contributed by atoms with van der Waals surface area (Å²) in [6.45, 7) is 2.91. The Labute approximate surface area is 158 Å². The van der Waals surface area contributed by atoms with Crippen LogP contribution in [0.25, 0.3) is 0 Å². The van der Waals surface area contributed by atoms with Crippen LogP contribution in [0.5, 0.6) is 5.75 Å². The predicted molar refractivity (Wildman–Crippen MR) is 97.8 cm³/mol. The number of rotatable bonds is 7. The standard InChI is InChI=1S/C20H24N2O5/c1-14(23)15-6-5-8-16(10-15)26-13-18-11-19(21-27-18)20(24)22(2)12-17-7-3-4-9-25-17/h5-6,8,10-11,17H,3-4,7,9,12-13H2,1-2H3/t17-/m1/s1. The molecule has 1 aliphatic rings.